The van der Waals surface area contributed by atoms with Crippen molar-refractivity contribution in [1.82, 2.24) is 10.4 Å². The summed E-state index contributed by atoms with van der Waals surface area (Å²) in [7, 11) is 0. The molecule has 0 bridgehead atoms. The Morgan fingerprint density at radius 2 is 2.29 bits per heavy atom. The number of hydrazone groups is 1. The van der Waals surface area contributed by atoms with Gasteiger partial charge in [-0.25, -0.2) is 5.43 Å². The number of nitro groups is 1. The number of phenols is 1. The number of nitrogens with zero attached hydrogens (tertiary/aromatic N) is 2. The minimum atomic E-state index is -0.768. The van der Waals surface area contributed by atoms with Crippen LogP contribution >= 0.6 is 11.6 Å². The molecule has 8 nitrogen and oxygen atoms in total. The van der Waals surface area contributed by atoms with Gasteiger partial charge in [-0.05, 0) is 18.2 Å². The molecule has 108 valence electrons. The number of rotatable bonds is 4. The van der Waals surface area contributed by atoms with Crippen LogP contribution in [0.5, 0.6) is 5.75 Å². The number of phenolic OH excluding ortho intramolecular Hbond substituents is 1. The highest BCUT2D eigenvalue weighted by Crippen LogP contribution is 2.32. The molecular weight excluding hydrogens is 300 g/mol. The van der Waals surface area contributed by atoms with Gasteiger partial charge in [0.1, 0.15) is 5.69 Å². The normalized spacial score (nSPS) is 10.7. The number of hydrogen-bond acceptors (Lipinski definition) is 5. The van der Waals surface area contributed by atoms with Gasteiger partial charge in [0, 0.05) is 22.8 Å². The molecule has 0 saturated heterocycles. The van der Waals surface area contributed by atoms with Gasteiger partial charge in [-0.1, -0.05) is 11.6 Å². The molecule has 9 heteroatoms. The number of nitro benzene ring substituents is 1. The average molecular weight is 309 g/mol. The summed E-state index contributed by atoms with van der Waals surface area (Å²) in [6.45, 7) is 0. The van der Waals surface area contributed by atoms with E-state index in [9.17, 15) is 20.0 Å². The number of carbonyl (C=O) groups is 1. The molecule has 0 fully saturated rings. The van der Waals surface area contributed by atoms with Crippen LogP contribution < -0.4 is 5.43 Å². The summed E-state index contributed by atoms with van der Waals surface area (Å²) in [4.78, 5) is 24.2. The summed E-state index contributed by atoms with van der Waals surface area (Å²) in [6.07, 6.45) is 2.64. The van der Waals surface area contributed by atoms with Crippen molar-refractivity contribution in [2.75, 3.05) is 0 Å². The average Bonchev–Trinajstić information content (AvgIpc) is 2.95. The highest BCUT2D eigenvalue weighted by atomic mass is 35.5. The summed E-state index contributed by atoms with van der Waals surface area (Å²) in [6, 6.07) is 5.50. The number of amides is 1. The Bertz CT molecular complexity index is 712. The summed E-state index contributed by atoms with van der Waals surface area (Å²) in [5.41, 5.74) is 1.98. The predicted molar refractivity (Wildman–Crippen MR) is 75.6 cm³/mol. The van der Waals surface area contributed by atoms with Gasteiger partial charge in [-0.2, -0.15) is 5.10 Å². The van der Waals surface area contributed by atoms with Crippen molar-refractivity contribution in [2.24, 2.45) is 5.10 Å². The number of nitrogens with one attached hydrogen (secondary N) is 2. The lowest BCUT2D eigenvalue weighted by Gasteiger charge is -2.01. The van der Waals surface area contributed by atoms with Crippen LogP contribution in [0.1, 0.15) is 16.1 Å². The van der Waals surface area contributed by atoms with Crippen LogP contribution in [0.2, 0.25) is 5.02 Å². The molecule has 0 aliphatic heterocycles. The Balaban J connectivity index is 2.18. The minimum absolute atomic E-state index is 0.0148. The zero-order valence-electron chi connectivity index (χ0n) is 10.4. The van der Waals surface area contributed by atoms with Crippen molar-refractivity contribution in [3.63, 3.8) is 0 Å². The Morgan fingerprint density at radius 1 is 1.52 bits per heavy atom. The van der Waals surface area contributed by atoms with E-state index < -0.39 is 22.3 Å². The van der Waals surface area contributed by atoms with Crippen LogP contribution in [0.3, 0.4) is 0 Å². The van der Waals surface area contributed by atoms with Crippen LogP contribution in [0, 0.1) is 10.1 Å². The second-order valence-electron chi connectivity index (χ2n) is 3.90. The number of aromatic hydroxyl groups is 1. The highest BCUT2D eigenvalue weighted by molar-refractivity contribution is 6.31. The summed E-state index contributed by atoms with van der Waals surface area (Å²) < 4.78 is 0. The van der Waals surface area contributed by atoms with Crippen LogP contribution in [0.15, 0.2) is 35.6 Å². The maximum Gasteiger partial charge on any atom is 0.312 e. The molecule has 1 aromatic heterocycles. The van der Waals surface area contributed by atoms with E-state index in [1.165, 1.54) is 6.07 Å². The van der Waals surface area contributed by atoms with Gasteiger partial charge in [0.05, 0.1) is 11.1 Å². The summed E-state index contributed by atoms with van der Waals surface area (Å²) >= 11 is 5.72. The second kappa shape index (κ2) is 6.06. The Kier molecular flexibility index (Phi) is 4.19. The van der Waals surface area contributed by atoms with E-state index >= 15 is 0 Å². The fourth-order valence-electron chi connectivity index (χ4n) is 1.54. The zero-order valence-corrected chi connectivity index (χ0v) is 11.2. The van der Waals surface area contributed by atoms with Gasteiger partial charge < -0.3 is 10.1 Å². The van der Waals surface area contributed by atoms with Crippen LogP contribution in [-0.4, -0.2) is 27.1 Å². The van der Waals surface area contributed by atoms with Gasteiger partial charge in [0.15, 0.2) is 0 Å². The smallest absolute Gasteiger partial charge is 0.312 e. The number of halogens is 1. The van der Waals surface area contributed by atoms with E-state index in [-0.39, 0.29) is 10.6 Å². The first-order valence-electron chi connectivity index (χ1n) is 5.62. The van der Waals surface area contributed by atoms with Crippen molar-refractivity contribution in [2.45, 2.75) is 0 Å². The SMILES string of the molecule is O=C(N/N=C/c1cc(Cl)cc([N+](=O)[O-])c1O)c1ccc[nH]1. The van der Waals surface area contributed by atoms with Crippen molar-refractivity contribution in [1.29, 1.82) is 0 Å². The third-order valence-electron chi connectivity index (χ3n) is 2.49. The molecule has 2 aromatic rings. The maximum absolute atomic E-state index is 11.6. The molecule has 1 amide bonds. The molecule has 21 heavy (non-hydrogen) atoms. The van der Waals surface area contributed by atoms with Crippen LogP contribution in [0.4, 0.5) is 5.69 Å². The minimum Gasteiger partial charge on any atom is -0.502 e. The molecule has 2 rings (SSSR count). The lowest BCUT2D eigenvalue weighted by molar-refractivity contribution is -0.385. The lowest BCUT2D eigenvalue weighted by Crippen LogP contribution is -2.17. The fourth-order valence-corrected chi connectivity index (χ4v) is 1.76. The first kappa shape index (κ1) is 14.5. The van der Waals surface area contributed by atoms with Crippen LogP contribution in [0.25, 0.3) is 0 Å². The van der Waals surface area contributed by atoms with E-state index in [4.69, 9.17) is 11.6 Å². The van der Waals surface area contributed by atoms with E-state index in [1.54, 1.807) is 18.3 Å². The topological polar surface area (TPSA) is 121 Å². The van der Waals surface area contributed by atoms with E-state index in [0.29, 0.717) is 5.69 Å². The summed E-state index contributed by atoms with van der Waals surface area (Å²) in [5, 5.41) is 24.1. The van der Waals surface area contributed by atoms with E-state index in [2.05, 4.69) is 15.5 Å². The number of aromatic nitrogens is 1. The second-order valence-corrected chi connectivity index (χ2v) is 4.34. The monoisotopic (exact) mass is 308 g/mol. The quantitative estimate of drug-likeness (QED) is 0.454. The molecule has 0 atom stereocenters. The zero-order chi connectivity index (χ0) is 15.4. The third-order valence-corrected chi connectivity index (χ3v) is 2.71. The number of hydrogen-bond donors (Lipinski definition) is 3. The van der Waals surface area contributed by atoms with Gasteiger partial charge in [0.25, 0.3) is 5.91 Å². The van der Waals surface area contributed by atoms with E-state index in [0.717, 1.165) is 12.3 Å². The molecule has 0 saturated carbocycles. The van der Waals surface area contributed by atoms with Gasteiger partial charge in [-0.3, -0.25) is 14.9 Å². The Labute approximate surface area is 123 Å². The molecule has 0 unspecified atom stereocenters. The lowest BCUT2D eigenvalue weighted by atomic mass is 10.2. The summed E-state index contributed by atoms with van der Waals surface area (Å²) in [5.74, 6) is -1.07. The first-order chi connectivity index (χ1) is 9.99. The standard InChI is InChI=1S/C12H9ClN4O4/c13-8-4-7(11(18)10(5-8)17(20)21)6-15-16-12(19)9-2-1-3-14-9/h1-6,14,18H,(H,16,19)/b15-6+. The number of aromatic amines is 1. The highest BCUT2D eigenvalue weighted by Gasteiger charge is 2.17. The number of H-pyrrole nitrogens is 1. The molecule has 0 aliphatic rings. The molecule has 1 heterocycles. The van der Waals surface area contributed by atoms with E-state index in [1.807, 2.05) is 0 Å². The van der Waals surface area contributed by atoms with Crippen molar-refractivity contribution in [3.05, 3.63) is 56.9 Å². The molecular formula is C12H9ClN4O4. The van der Waals surface area contributed by atoms with Gasteiger partial charge >= 0.3 is 5.69 Å². The molecule has 1 aromatic carbocycles. The third kappa shape index (κ3) is 3.37. The van der Waals surface area contributed by atoms with Gasteiger partial charge in [0.2, 0.25) is 5.75 Å². The molecule has 0 spiro atoms. The first-order valence-corrected chi connectivity index (χ1v) is 6.00. The molecule has 3 N–H and O–H groups in total. The predicted octanol–water partition coefficient (Wildman–Crippen LogP) is 2.05. The Hall–Kier alpha value is -2.87. The van der Waals surface area contributed by atoms with Crippen molar-refractivity contribution < 1.29 is 14.8 Å². The van der Waals surface area contributed by atoms with Gasteiger partial charge in [-0.15, -0.1) is 0 Å². The van der Waals surface area contributed by atoms with Crippen LogP contribution in [-0.2, 0) is 0 Å². The van der Waals surface area contributed by atoms with Crippen molar-refractivity contribution >= 4 is 29.4 Å². The number of benzene rings is 1. The maximum atomic E-state index is 11.6. The number of carbonyl (C=O) groups excluding carboxylic acids is 1. The fraction of sp³-hybridized carbons (Fsp3) is 0. The molecule has 0 radical (unpaired) electrons. The largest absolute Gasteiger partial charge is 0.502 e. The Morgan fingerprint density at radius 3 is 2.90 bits per heavy atom. The van der Waals surface area contributed by atoms with Crippen molar-refractivity contribution in [3.8, 4) is 5.75 Å². The molecule has 0 aliphatic carbocycles.